The highest BCUT2D eigenvalue weighted by molar-refractivity contribution is 7.89. The number of rotatable bonds is 4. The van der Waals surface area contributed by atoms with E-state index in [4.69, 9.17) is 0 Å². The summed E-state index contributed by atoms with van der Waals surface area (Å²) < 4.78 is 26.6. The first kappa shape index (κ1) is 19.0. The lowest BCUT2D eigenvalue weighted by Gasteiger charge is -2.12. The maximum absolute atomic E-state index is 12.8. The van der Waals surface area contributed by atoms with E-state index in [9.17, 15) is 13.2 Å². The maximum Gasteiger partial charge on any atom is 0.257 e. The van der Waals surface area contributed by atoms with Gasteiger partial charge in [0.25, 0.3) is 5.91 Å². The van der Waals surface area contributed by atoms with Crippen LogP contribution in [0.3, 0.4) is 0 Å². The van der Waals surface area contributed by atoms with Crippen molar-refractivity contribution in [2.75, 3.05) is 12.4 Å². The number of hydrogen-bond acceptors (Lipinski definition) is 4. The molecule has 3 aromatic rings. The summed E-state index contributed by atoms with van der Waals surface area (Å²) >= 11 is 0. The molecule has 1 aromatic heterocycles. The highest BCUT2D eigenvalue weighted by Gasteiger charge is 2.17. The Balaban J connectivity index is 1.97. The second kappa shape index (κ2) is 7.09. The van der Waals surface area contributed by atoms with Crippen molar-refractivity contribution in [3.63, 3.8) is 0 Å². The number of nitrogens with one attached hydrogen (secondary N) is 2. The molecule has 2 N–H and O–H groups in total. The SMILES string of the molecule is CNS(=O)(=O)c1cc(NC(=O)c2cc3cc(C)ccc3nc2C)ccc1C. The lowest BCUT2D eigenvalue weighted by atomic mass is 10.1. The van der Waals surface area contributed by atoms with E-state index in [2.05, 4.69) is 15.0 Å². The minimum absolute atomic E-state index is 0.131. The van der Waals surface area contributed by atoms with E-state index >= 15 is 0 Å². The summed E-state index contributed by atoms with van der Waals surface area (Å²) in [5.41, 5.74) is 3.97. The Kier molecular flexibility index (Phi) is 4.99. The molecule has 0 atom stereocenters. The summed E-state index contributed by atoms with van der Waals surface area (Å²) in [6, 6.07) is 12.5. The van der Waals surface area contributed by atoms with Crippen LogP contribution in [0.2, 0.25) is 0 Å². The molecule has 0 fully saturated rings. The number of carbonyl (C=O) groups excluding carboxylic acids is 1. The molecule has 27 heavy (non-hydrogen) atoms. The van der Waals surface area contributed by atoms with Crippen LogP contribution in [0, 0.1) is 20.8 Å². The molecule has 0 aliphatic rings. The molecule has 7 heteroatoms. The zero-order chi connectivity index (χ0) is 19.8. The number of carbonyl (C=O) groups is 1. The Labute approximate surface area is 158 Å². The van der Waals surface area contributed by atoms with Crippen LogP contribution in [0.15, 0.2) is 47.4 Å². The van der Waals surface area contributed by atoms with Crippen LogP contribution in [0.4, 0.5) is 5.69 Å². The molecule has 6 nitrogen and oxygen atoms in total. The molecule has 0 saturated heterocycles. The first-order chi connectivity index (χ1) is 12.7. The molecule has 0 radical (unpaired) electrons. The normalized spacial score (nSPS) is 11.6. The van der Waals surface area contributed by atoms with Gasteiger partial charge in [-0.05, 0) is 63.7 Å². The van der Waals surface area contributed by atoms with Gasteiger partial charge in [-0.2, -0.15) is 0 Å². The average molecular weight is 383 g/mol. The summed E-state index contributed by atoms with van der Waals surface area (Å²) in [5, 5.41) is 3.65. The summed E-state index contributed by atoms with van der Waals surface area (Å²) in [6.45, 7) is 5.46. The van der Waals surface area contributed by atoms with Crippen molar-refractivity contribution in [2.24, 2.45) is 0 Å². The minimum atomic E-state index is -3.61. The lowest BCUT2D eigenvalue weighted by Crippen LogP contribution is -2.20. The monoisotopic (exact) mass is 383 g/mol. The first-order valence-corrected chi connectivity index (χ1v) is 9.93. The number of anilines is 1. The van der Waals surface area contributed by atoms with Gasteiger partial charge in [-0.1, -0.05) is 17.7 Å². The molecule has 0 saturated carbocycles. The number of aryl methyl sites for hydroxylation is 3. The van der Waals surface area contributed by atoms with Gasteiger partial charge in [-0.25, -0.2) is 13.1 Å². The van der Waals surface area contributed by atoms with Crippen molar-refractivity contribution in [1.82, 2.24) is 9.71 Å². The van der Waals surface area contributed by atoms with E-state index in [1.807, 2.05) is 25.1 Å². The van der Waals surface area contributed by atoms with Gasteiger partial charge in [0.1, 0.15) is 0 Å². The number of hydrogen-bond donors (Lipinski definition) is 2. The van der Waals surface area contributed by atoms with E-state index < -0.39 is 10.0 Å². The zero-order valence-corrected chi connectivity index (χ0v) is 16.4. The van der Waals surface area contributed by atoms with Crippen LogP contribution in [-0.2, 0) is 10.0 Å². The van der Waals surface area contributed by atoms with Gasteiger partial charge >= 0.3 is 0 Å². The van der Waals surface area contributed by atoms with Gasteiger partial charge < -0.3 is 5.32 Å². The smallest absolute Gasteiger partial charge is 0.257 e. The van der Waals surface area contributed by atoms with Gasteiger partial charge in [-0.3, -0.25) is 9.78 Å². The number of aromatic nitrogens is 1. The highest BCUT2D eigenvalue weighted by atomic mass is 32.2. The fourth-order valence-corrected chi connectivity index (χ4v) is 3.89. The van der Waals surface area contributed by atoms with Crippen LogP contribution in [-0.4, -0.2) is 26.4 Å². The van der Waals surface area contributed by atoms with E-state index in [0.29, 0.717) is 22.5 Å². The van der Waals surface area contributed by atoms with Crippen molar-refractivity contribution < 1.29 is 13.2 Å². The molecule has 1 heterocycles. The van der Waals surface area contributed by atoms with Crippen molar-refractivity contribution in [3.8, 4) is 0 Å². The molecular formula is C20H21N3O3S. The number of pyridine rings is 1. The quantitative estimate of drug-likeness (QED) is 0.723. The third-order valence-electron chi connectivity index (χ3n) is 4.41. The summed E-state index contributed by atoms with van der Waals surface area (Å²) in [6.07, 6.45) is 0. The Morgan fingerprint density at radius 1 is 1.00 bits per heavy atom. The van der Waals surface area contributed by atoms with Crippen LogP contribution >= 0.6 is 0 Å². The molecule has 1 amide bonds. The summed E-state index contributed by atoms with van der Waals surface area (Å²) in [5.74, 6) is -0.333. The zero-order valence-electron chi connectivity index (χ0n) is 15.6. The van der Waals surface area contributed by atoms with E-state index in [1.54, 1.807) is 32.0 Å². The van der Waals surface area contributed by atoms with Gasteiger partial charge in [0.05, 0.1) is 21.7 Å². The van der Waals surface area contributed by atoms with E-state index in [-0.39, 0.29) is 10.8 Å². The van der Waals surface area contributed by atoms with Crippen LogP contribution in [0.25, 0.3) is 10.9 Å². The molecule has 0 aliphatic carbocycles. The predicted molar refractivity (Wildman–Crippen MR) is 107 cm³/mol. The van der Waals surface area contributed by atoms with Gasteiger partial charge in [0.2, 0.25) is 10.0 Å². The fourth-order valence-electron chi connectivity index (χ4n) is 2.90. The Bertz CT molecular complexity index is 1150. The van der Waals surface area contributed by atoms with Crippen molar-refractivity contribution >= 4 is 32.5 Å². The number of benzene rings is 2. The number of amides is 1. The van der Waals surface area contributed by atoms with Crippen molar-refractivity contribution in [1.29, 1.82) is 0 Å². The largest absolute Gasteiger partial charge is 0.322 e. The van der Waals surface area contributed by atoms with E-state index in [1.165, 1.54) is 13.1 Å². The topological polar surface area (TPSA) is 88.2 Å². The maximum atomic E-state index is 12.8. The molecule has 0 bridgehead atoms. The molecule has 0 aliphatic heterocycles. The second-order valence-corrected chi connectivity index (χ2v) is 8.31. The molecule has 0 spiro atoms. The molecule has 3 rings (SSSR count). The van der Waals surface area contributed by atoms with Gasteiger partial charge in [0.15, 0.2) is 0 Å². The van der Waals surface area contributed by atoms with Crippen LogP contribution in [0.5, 0.6) is 0 Å². The standard InChI is InChI=1S/C20H21N3O3S/c1-12-5-8-18-15(9-12)10-17(14(3)22-18)20(24)23-16-7-6-13(2)19(11-16)27(25,26)21-4/h5-11,21H,1-4H3,(H,23,24). The van der Waals surface area contributed by atoms with Crippen molar-refractivity contribution in [3.05, 3.63) is 64.8 Å². The Morgan fingerprint density at radius 2 is 1.74 bits per heavy atom. The second-order valence-electron chi connectivity index (χ2n) is 6.46. The highest BCUT2D eigenvalue weighted by Crippen LogP contribution is 2.22. The van der Waals surface area contributed by atoms with Crippen LogP contribution < -0.4 is 10.0 Å². The Hall–Kier alpha value is -2.77. The predicted octanol–water partition coefficient (Wildman–Crippen LogP) is 3.32. The molecule has 0 unspecified atom stereocenters. The lowest BCUT2D eigenvalue weighted by molar-refractivity contribution is 0.102. The van der Waals surface area contributed by atoms with Gasteiger partial charge in [0, 0.05) is 11.1 Å². The third kappa shape index (κ3) is 3.84. The van der Waals surface area contributed by atoms with Gasteiger partial charge in [-0.15, -0.1) is 0 Å². The fraction of sp³-hybridized carbons (Fsp3) is 0.200. The Morgan fingerprint density at radius 3 is 2.44 bits per heavy atom. The molecule has 140 valence electrons. The third-order valence-corrected chi connectivity index (χ3v) is 5.97. The van der Waals surface area contributed by atoms with Crippen molar-refractivity contribution in [2.45, 2.75) is 25.7 Å². The summed E-state index contributed by atoms with van der Waals surface area (Å²) in [7, 11) is -2.25. The minimum Gasteiger partial charge on any atom is -0.322 e. The molecule has 2 aromatic carbocycles. The number of nitrogens with zero attached hydrogens (tertiary/aromatic N) is 1. The number of fused-ring (bicyclic) bond motifs is 1. The average Bonchev–Trinajstić information content (AvgIpc) is 2.62. The first-order valence-electron chi connectivity index (χ1n) is 8.45. The van der Waals surface area contributed by atoms with Crippen LogP contribution in [0.1, 0.15) is 27.2 Å². The molecular weight excluding hydrogens is 362 g/mol. The van der Waals surface area contributed by atoms with E-state index in [0.717, 1.165) is 16.5 Å². The summed E-state index contributed by atoms with van der Waals surface area (Å²) in [4.78, 5) is 17.4. The number of sulfonamides is 1.